The quantitative estimate of drug-likeness (QED) is 0.184. The summed E-state index contributed by atoms with van der Waals surface area (Å²) in [4.78, 5) is 4.65. The number of halogens is 1. The van der Waals surface area contributed by atoms with Crippen LogP contribution >= 0.6 is 24.0 Å². The summed E-state index contributed by atoms with van der Waals surface area (Å²) < 4.78 is 27.4. The van der Waals surface area contributed by atoms with Crippen molar-refractivity contribution in [2.24, 2.45) is 4.99 Å². The van der Waals surface area contributed by atoms with Crippen molar-refractivity contribution in [2.45, 2.75) is 38.8 Å². The summed E-state index contributed by atoms with van der Waals surface area (Å²) in [6.07, 6.45) is 3.43. The van der Waals surface area contributed by atoms with E-state index in [1.54, 1.807) is 21.3 Å². The second kappa shape index (κ2) is 15.4. The molecule has 1 saturated heterocycles. The number of hydrogen-bond donors (Lipinski definition) is 2. The molecule has 0 spiro atoms. The van der Waals surface area contributed by atoms with E-state index in [0.29, 0.717) is 37.0 Å². The Morgan fingerprint density at radius 2 is 1.87 bits per heavy atom. The molecule has 0 aliphatic carbocycles. The van der Waals surface area contributed by atoms with Crippen LogP contribution in [0.25, 0.3) is 0 Å². The summed E-state index contributed by atoms with van der Waals surface area (Å²) in [7, 11) is 4.81. The lowest BCUT2D eigenvalue weighted by atomic mass is 10.2. The number of ether oxygens (including phenoxy) is 5. The maximum Gasteiger partial charge on any atom is 0.203 e. The molecule has 172 valence electrons. The Morgan fingerprint density at radius 3 is 2.43 bits per heavy atom. The number of nitrogens with one attached hydrogen (secondary N) is 2. The smallest absolute Gasteiger partial charge is 0.203 e. The van der Waals surface area contributed by atoms with E-state index in [1.165, 1.54) is 0 Å². The Kier molecular flexibility index (Phi) is 13.6. The minimum atomic E-state index is 0. The zero-order chi connectivity index (χ0) is 20.9. The molecule has 1 fully saturated rings. The van der Waals surface area contributed by atoms with Gasteiger partial charge in [0.1, 0.15) is 0 Å². The van der Waals surface area contributed by atoms with E-state index in [2.05, 4.69) is 15.6 Å². The summed E-state index contributed by atoms with van der Waals surface area (Å²) >= 11 is 0. The summed E-state index contributed by atoms with van der Waals surface area (Å²) in [5.74, 6) is 2.59. The van der Waals surface area contributed by atoms with Crippen LogP contribution in [0, 0.1) is 0 Å². The Hall–Kier alpha value is -1.46. The highest BCUT2D eigenvalue weighted by Crippen LogP contribution is 2.38. The largest absolute Gasteiger partial charge is 0.493 e. The average Bonchev–Trinajstić information content (AvgIpc) is 3.26. The third kappa shape index (κ3) is 8.73. The third-order valence-corrected chi connectivity index (χ3v) is 4.57. The predicted octanol–water partition coefficient (Wildman–Crippen LogP) is 2.97. The van der Waals surface area contributed by atoms with Crippen LogP contribution in [0.4, 0.5) is 0 Å². The molecule has 1 aliphatic heterocycles. The number of guanidine groups is 1. The highest BCUT2D eigenvalue weighted by molar-refractivity contribution is 14.0. The minimum Gasteiger partial charge on any atom is -0.493 e. The standard InChI is InChI=1S/C21H35N3O5.HI/c1-5-22-21(23-9-7-10-28-15-17-8-6-11-29-17)24-14-16-12-18(25-2)20(27-4)19(13-16)26-3;/h12-13,17H,5-11,14-15H2,1-4H3,(H2,22,23,24);1H. The number of methoxy groups -OCH3 is 3. The molecule has 0 bridgehead atoms. The summed E-state index contributed by atoms with van der Waals surface area (Å²) in [6.45, 7) is 6.37. The molecular formula is C21H36IN3O5. The van der Waals surface area contributed by atoms with Crippen LogP contribution < -0.4 is 24.8 Å². The first kappa shape index (κ1) is 26.6. The number of rotatable bonds is 12. The second-order valence-electron chi connectivity index (χ2n) is 6.72. The Morgan fingerprint density at radius 1 is 1.13 bits per heavy atom. The Bertz CT molecular complexity index is 614. The van der Waals surface area contributed by atoms with E-state index in [4.69, 9.17) is 23.7 Å². The molecule has 1 unspecified atom stereocenters. The summed E-state index contributed by atoms with van der Waals surface area (Å²) in [6, 6.07) is 3.82. The lowest BCUT2D eigenvalue weighted by Gasteiger charge is -2.14. The van der Waals surface area contributed by atoms with E-state index in [9.17, 15) is 0 Å². The van der Waals surface area contributed by atoms with Crippen LogP contribution in [-0.2, 0) is 16.0 Å². The summed E-state index contributed by atoms with van der Waals surface area (Å²) in [5, 5.41) is 6.60. The molecule has 30 heavy (non-hydrogen) atoms. The van der Waals surface area contributed by atoms with Gasteiger partial charge in [0.25, 0.3) is 0 Å². The number of benzene rings is 1. The van der Waals surface area contributed by atoms with Gasteiger partial charge in [-0.3, -0.25) is 0 Å². The molecule has 1 aromatic rings. The van der Waals surface area contributed by atoms with Crippen molar-refractivity contribution in [2.75, 3.05) is 54.2 Å². The van der Waals surface area contributed by atoms with Crippen molar-refractivity contribution in [1.29, 1.82) is 0 Å². The van der Waals surface area contributed by atoms with E-state index in [1.807, 2.05) is 19.1 Å². The van der Waals surface area contributed by atoms with Crippen LogP contribution in [0.3, 0.4) is 0 Å². The molecule has 0 aromatic heterocycles. The maximum atomic E-state index is 5.70. The zero-order valence-electron chi connectivity index (χ0n) is 18.5. The van der Waals surface area contributed by atoms with Gasteiger partial charge in [-0.25, -0.2) is 4.99 Å². The molecule has 9 heteroatoms. The van der Waals surface area contributed by atoms with Gasteiger partial charge < -0.3 is 34.3 Å². The molecular weight excluding hydrogens is 501 g/mol. The second-order valence-corrected chi connectivity index (χ2v) is 6.72. The lowest BCUT2D eigenvalue weighted by molar-refractivity contribution is 0.0168. The molecule has 2 N–H and O–H groups in total. The molecule has 2 rings (SSSR count). The van der Waals surface area contributed by atoms with E-state index in [-0.39, 0.29) is 30.1 Å². The van der Waals surface area contributed by atoms with Gasteiger partial charge in [0, 0.05) is 26.3 Å². The third-order valence-electron chi connectivity index (χ3n) is 4.57. The molecule has 0 saturated carbocycles. The highest BCUT2D eigenvalue weighted by Gasteiger charge is 2.15. The first-order valence-electron chi connectivity index (χ1n) is 10.2. The van der Waals surface area contributed by atoms with Crippen molar-refractivity contribution in [3.05, 3.63) is 17.7 Å². The molecule has 1 heterocycles. The van der Waals surface area contributed by atoms with Gasteiger partial charge in [0.2, 0.25) is 5.75 Å². The number of nitrogens with zero attached hydrogens (tertiary/aromatic N) is 1. The fraction of sp³-hybridized carbons (Fsp3) is 0.667. The monoisotopic (exact) mass is 537 g/mol. The van der Waals surface area contributed by atoms with Crippen LogP contribution in [0.2, 0.25) is 0 Å². The SMILES string of the molecule is CCNC(=NCc1cc(OC)c(OC)c(OC)c1)NCCCOCC1CCCO1.I. The average molecular weight is 537 g/mol. The van der Waals surface area contributed by atoms with Crippen molar-refractivity contribution in [3.8, 4) is 17.2 Å². The van der Waals surface area contributed by atoms with Crippen molar-refractivity contribution >= 4 is 29.9 Å². The Balaban J connectivity index is 0.00000450. The molecule has 1 atom stereocenters. The van der Waals surface area contributed by atoms with Gasteiger partial charge in [0.15, 0.2) is 17.5 Å². The number of hydrogen-bond acceptors (Lipinski definition) is 6. The van der Waals surface area contributed by atoms with Gasteiger partial charge in [0.05, 0.1) is 40.6 Å². The summed E-state index contributed by atoms with van der Waals surface area (Å²) in [5.41, 5.74) is 0.969. The van der Waals surface area contributed by atoms with Gasteiger partial charge in [-0.2, -0.15) is 0 Å². The first-order valence-corrected chi connectivity index (χ1v) is 10.2. The number of aliphatic imine (C=N–C) groups is 1. The molecule has 1 aliphatic rings. The van der Waals surface area contributed by atoms with Gasteiger partial charge in [-0.05, 0) is 43.9 Å². The van der Waals surface area contributed by atoms with E-state index >= 15 is 0 Å². The van der Waals surface area contributed by atoms with Gasteiger partial charge >= 0.3 is 0 Å². The molecule has 8 nitrogen and oxygen atoms in total. The Labute approximate surface area is 197 Å². The normalized spacial score (nSPS) is 16.0. The molecule has 0 amide bonds. The van der Waals surface area contributed by atoms with Crippen molar-refractivity contribution in [1.82, 2.24) is 10.6 Å². The predicted molar refractivity (Wildman–Crippen MR) is 129 cm³/mol. The van der Waals surface area contributed by atoms with Gasteiger partial charge in [-0.15, -0.1) is 24.0 Å². The van der Waals surface area contributed by atoms with Crippen LogP contribution in [0.15, 0.2) is 17.1 Å². The highest BCUT2D eigenvalue weighted by atomic mass is 127. The minimum absolute atomic E-state index is 0. The topological polar surface area (TPSA) is 82.6 Å². The molecule has 0 radical (unpaired) electrons. The fourth-order valence-corrected chi connectivity index (χ4v) is 3.11. The van der Waals surface area contributed by atoms with E-state index in [0.717, 1.165) is 50.5 Å². The van der Waals surface area contributed by atoms with Crippen LogP contribution in [-0.4, -0.2) is 66.3 Å². The molecule has 1 aromatic carbocycles. The zero-order valence-corrected chi connectivity index (χ0v) is 20.8. The van der Waals surface area contributed by atoms with Crippen LogP contribution in [0.5, 0.6) is 17.2 Å². The van der Waals surface area contributed by atoms with Crippen molar-refractivity contribution < 1.29 is 23.7 Å². The van der Waals surface area contributed by atoms with E-state index < -0.39 is 0 Å². The van der Waals surface area contributed by atoms with Crippen molar-refractivity contribution in [3.63, 3.8) is 0 Å². The fourth-order valence-electron chi connectivity index (χ4n) is 3.11. The lowest BCUT2D eigenvalue weighted by Crippen LogP contribution is -2.38. The van der Waals surface area contributed by atoms with Gasteiger partial charge in [-0.1, -0.05) is 0 Å². The first-order chi connectivity index (χ1) is 14.2. The van der Waals surface area contributed by atoms with Crippen LogP contribution in [0.1, 0.15) is 31.7 Å². The maximum absolute atomic E-state index is 5.70.